The molecule has 9 heteroatoms. The average molecular weight is 352 g/mol. The number of rotatable bonds is 6. The Bertz CT molecular complexity index is 694. The topological polar surface area (TPSA) is 85.1 Å². The van der Waals surface area contributed by atoms with Crippen LogP contribution in [0.1, 0.15) is 11.8 Å². The normalized spacial score (nSPS) is 11.7. The van der Waals surface area contributed by atoms with Crippen molar-refractivity contribution in [1.82, 2.24) is 4.37 Å². The molecule has 2 aromatic heterocycles. The van der Waals surface area contributed by atoms with Crippen molar-refractivity contribution in [3.8, 4) is 0 Å². The first kappa shape index (κ1) is 15.6. The van der Waals surface area contributed by atoms with Gasteiger partial charge in [-0.25, -0.2) is 8.42 Å². The second-order valence-electron chi connectivity index (χ2n) is 4.01. The van der Waals surface area contributed by atoms with E-state index < -0.39 is 9.84 Å². The summed E-state index contributed by atoms with van der Waals surface area (Å²) < 4.78 is 28.6. The minimum atomic E-state index is -3.37. The molecule has 2 rings (SSSR count). The molecule has 0 aliphatic heterocycles. The lowest BCUT2D eigenvalue weighted by molar-refractivity contribution is 0.598. The highest BCUT2D eigenvalue weighted by Crippen LogP contribution is 2.32. The summed E-state index contributed by atoms with van der Waals surface area (Å²) in [7, 11) is -3.37. The van der Waals surface area contributed by atoms with Crippen molar-refractivity contribution in [3.05, 3.63) is 21.3 Å². The molecule has 0 fully saturated rings. The number of nitrogen functional groups attached to an aromatic ring is 1. The summed E-state index contributed by atoms with van der Waals surface area (Å²) in [6.45, 7) is 2.19. The van der Waals surface area contributed by atoms with E-state index in [0.717, 1.165) is 27.2 Å². The van der Waals surface area contributed by atoms with E-state index in [-0.39, 0.29) is 16.5 Å². The third-order valence-electron chi connectivity index (χ3n) is 2.65. The maximum absolute atomic E-state index is 12.0. The van der Waals surface area contributed by atoms with Crippen LogP contribution in [-0.2, 0) is 16.3 Å². The van der Waals surface area contributed by atoms with Gasteiger partial charge >= 0.3 is 0 Å². The predicted molar refractivity (Wildman–Crippen MR) is 85.8 cm³/mol. The number of halogens is 1. The Morgan fingerprint density at radius 3 is 2.80 bits per heavy atom. The summed E-state index contributed by atoms with van der Waals surface area (Å²) >= 11 is 8.44. The lowest BCUT2D eigenvalue weighted by atomic mass is 10.3. The summed E-state index contributed by atoms with van der Waals surface area (Å²) in [5, 5.41) is 3.60. The monoisotopic (exact) mass is 351 g/mol. The third-order valence-corrected chi connectivity index (χ3v) is 6.69. The number of anilines is 2. The molecule has 0 bridgehead atoms. The van der Waals surface area contributed by atoms with Gasteiger partial charge in [-0.3, -0.25) is 0 Å². The quantitative estimate of drug-likeness (QED) is 0.835. The molecule has 3 N–H and O–H groups in total. The molecule has 20 heavy (non-hydrogen) atoms. The van der Waals surface area contributed by atoms with Crippen LogP contribution in [0.25, 0.3) is 0 Å². The molecule has 0 radical (unpaired) electrons. The van der Waals surface area contributed by atoms with Crippen LogP contribution in [0.5, 0.6) is 0 Å². The summed E-state index contributed by atoms with van der Waals surface area (Å²) in [5.74, 6) is 0.0729. The van der Waals surface area contributed by atoms with Gasteiger partial charge in [0.25, 0.3) is 0 Å². The first-order valence-corrected chi connectivity index (χ1v) is 9.52. The van der Waals surface area contributed by atoms with Gasteiger partial charge in [-0.05, 0) is 30.1 Å². The van der Waals surface area contributed by atoms with Crippen LogP contribution in [0.15, 0.2) is 17.0 Å². The van der Waals surface area contributed by atoms with Gasteiger partial charge in [0.1, 0.15) is 9.90 Å². The van der Waals surface area contributed by atoms with Crippen molar-refractivity contribution >= 4 is 55.1 Å². The highest BCUT2D eigenvalue weighted by molar-refractivity contribution is 7.91. The van der Waals surface area contributed by atoms with E-state index in [2.05, 4.69) is 9.69 Å². The number of nitrogens with zero attached hydrogens (tertiary/aromatic N) is 1. The molecule has 0 saturated heterocycles. The maximum atomic E-state index is 12.0. The molecule has 110 valence electrons. The second-order valence-corrected chi connectivity index (χ2v) is 8.80. The fraction of sp³-hybridized carbons (Fsp3) is 0.364. The van der Waals surface area contributed by atoms with Gasteiger partial charge in [-0.15, -0.1) is 11.3 Å². The first-order chi connectivity index (χ1) is 9.44. The second kappa shape index (κ2) is 6.30. The predicted octanol–water partition coefficient (Wildman–Crippen LogP) is 2.89. The Morgan fingerprint density at radius 1 is 1.45 bits per heavy atom. The summed E-state index contributed by atoms with van der Waals surface area (Å²) in [4.78, 5) is 1.26. The Hall–Kier alpha value is -0.830. The first-order valence-electron chi connectivity index (χ1n) is 5.90. The fourth-order valence-corrected chi connectivity index (χ4v) is 4.92. The van der Waals surface area contributed by atoms with Gasteiger partial charge < -0.3 is 11.1 Å². The van der Waals surface area contributed by atoms with E-state index in [1.165, 1.54) is 11.3 Å². The van der Waals surface area contributed by atoms with Gasteiger partial charge in [-0.1, -0.05) is 18.5 Å². The van der Waals surface area contributed by atoms with E-state index in [1.807, 2.05) is 12.1 Å². The van der Waals surface area contributed by atoms with Crippen molar-refractivity contribution in [3.63, 3.8) is 0 Å². The number of nitrogens with two attached hydrogens (primary N) is 1. The molecule has 0 saturated carbocycles. The molecule has 2 aromatic rings. The number of hydrogen-bond acceptors (Lipinski definition) is 7. The van der Waals surface area contributed by atoms with Crippen molar-refractivity contribution < 1.29 is 8.42 Å². The van der Waals surface area contributed by atoms with Gasteiger partial charge in [0, 0.05) is 11.4 Å². The molecule has 0 spiro atoms. The highest BCUT2D eigenvalue weighted by atomic mass is 35.5. The van der Waals surface area contributed by atoms with E-state index >= 15 is 0 Å². The number of hydrogen-bond donors (Lipinski definition) is 2. The van der Waals surface area contributed by atoms with Gasteiger partial charge in [0.15, 0.2) is 15.7 Å². The Balaban J connectivity index is 2.07. The van der Waals surface area contributed by atoms with E-state index in [0.29, 0.717) is 11.5 Å². The number of aromatic nitrogens is 1. The third kappa shape index (κ3) is 3.43. The Morgan fingerprint density at radius 2 is 2.20 bits per heavy atom. The van der Waals surface area contributed by atoms with Crippen LogP contribution in [0.3, 0.4) is 0 Å². The molecular formula is C11H14ClN3O2S3. The molecule has 0 aliphatic carbocycles. The molecule has 0 aromatic carbocycles. The van der Waals surface area contributed by atoms with Crippen LogP contribution in [0.4, 0.5) is 10.8 Å². The molecule has 5 nitrogen and oxygen atoms in total. The minimum Gasteiger partial charge on any atom is -0.382 e. The summed E-state index contributed by atoms with van der Waals surface area (Å²) in [6, 6.07) is 3.80. The number of thiophene rings is 1. The summed E-state index contributed by atoms with van der Waals surface area (Å²) in [5.41, 5.74) is 5.65. The lowest BCUT2D eigenvalue weighted by Crippen LogP contribution is -2.10. The van der Waals surface area contributed by atoms with Crippen molar-refractivity contribution in [2.45, 2.75) is 18.2 Å². The van der Waals surface area contributed by atoms with Crippen LogP contribution in [0.2, 0.25) is 4.34 Å². The van der Waals surface area contributed by atoms with Crippen molar-refractivity contribution in [2.75, 3.05) is 23.3 Å². The van der Waals surface area contributed by atoms with Crippen LogP contribution >= 0.6 is 34.5 Å². The molecule has 0 atom stereocenters. The average Bonchev–Trinajstić information content (AvgIpc) is 2.96. The zero-order valence-corrected chi connectivity index (χ0v) is 13.9. The number of sulfone groups is 1. The maximum Gasteiger partial charge on any atom is 0.184 e. The minimum absolute atomic E-state index is 0.00479. The Kier molecular flexibility index (Phi) is 4.90. The smallest absolute Gasteiger partial charge is 0.184 e. The molecule has 2 heterocycles. The van der Waals surface area contributed by atoms with E-state index in [4.69, 9.17) is 17.3 Å². The fourth-order valence-electron chi connectivity index (χ4n) is 1.64. The standard InChI is InChI=1S/C11H14ClN3O2S3/c1-2-20(16,17)9-10(13)15-19-11(9)14-6-5-7-3-4-8(12)18-7/h3-4,14H,2,5-6H2,1H3,(H2,13,15). The van der Waals surface area contributed by atoms with Gasteiger partial charge in [0.05, 0.1) is 10.1 Å². The molecular weight excluding hydrogens is 338 g/mol. The molecule has 0 amide bonds. The Labute approximate surface area is 130 Å². The zero-order valence-electron chi connectivity index (χ0n) is 10.7. The largest absolute Gasteiger partial charge is 0.382 e. The summed E-state index contributed by atoms with van der Waals surface area (Å²) in [6.07, 6.45) is 0.765. The molecule has 0 unspecified atom stereocenters. The van der Waals surface area contributed by atoms with Crippen molar-refractivity contribution in [2.24, 2.45) is 0 Å². The van der Waals surface area contributed by atoms with Crippen LogP contribution in [-0.4, -0.2) is 25.1 Å². The SMILES string of the molecule is CCS(=O)(=O)c1c(N)nsc1NCCc1ccc(Cl)s1. The van der Waals surface area contributed by atoms with Crippen LogP contribution < -0.4 is 11.1 Å². The lowest BCUT2D eigenvalue weighted by Gasteiger charge is -2.06. The van der Waals surface area contributed by atoms with E-state index in [1.54, 1.807) is 6.92 Å². The van der Waals surface area contributed by atoms with E-state index in [9.17, 15) is 8.42 Å². The van der Waals surface area contributed by atoms with Gasteiger partial charge in [0.2, 0.25) is 0 Å². The van der Waals surface area contributed by atoms with Crippen molar-refractivity contribution in [1.29, 1.82) is 0 Å². The number of nitrogens with one attached hydrogen (secondary N) is 1. The van der Waals surface area contributed by atoms with Crippen LogP contribution in [0, 0.1) is 0 Å². The highest BCUT2D eigenvalue weighted by Gasteiger charge is 2.23. The van der Waals surface area contributed by atoms with Gasteiger partial charge in [-0.2, -0.15) is 4.37 Å². The zero-order chi connectivity index (χ0) is 14.8. The molecule has 0 aliphatic rings.